The lowest BCUT2D eigenvalue weighted by molar-refractivity contribution is -0.131. The van der Waals surface area contributed by atoms with Gasteiger partial charge in [-0.05, 0) is 54.1 Å². The van der Waals surface area contributed by atoms with E-state index < -0.39 is 29.4 Å². The van der Waals surface area contributed by atoms with E-state index in [9.17, 15) is 19.2 Å². The zero-order valence-corrected chi connectivity index (χ0v) is 24.9. The van der Waals surface area contributed by atoms with Crippen LogP contribution in [0.5, 0.6) is 17.2 Å². The Morgan fingerprint density at radius 1 is 0.778 bits per heavy atom. The number of rotatable bonds is 6. The second kappa shape index (κ2) is 10.6. The maximum absolute atomic E-state index is 14.9. The maximum atomic E-state index is 14.9. The molecule has 7 rings (SSSR count). The van der Waals surface area contributed by atoms with Crippen molar-refractivity contribution < 1.29 is 33.4 Å². The van der Waals surface area contributed by atoms with Crippen LogP contribution in [0.4, 0.5) is 5.69 Å². The summed E-state index contributed by atoms with van der Waals surface area (Å²) in [5.41, 5.74) is 1.43. The molecule has 0 bridgehead atoms. The molecule has 8 nitrogen and oxygen atoms in total. The Morgan fingerprint density at radius 3 is 2.07 bits per heavy atom. The number of benzene rings is 4. The Labute approximate surface area is 259 Å². The summed E-state index contributed by atoms with van der Waals surface area (Å²) in [5, 5.41) is 0. The number of hydrogen-bond donors (Lipinski definition) is 0. The molecular weight excluding hydrogens is 570 g/mol. The standard InChI is InChI=1S/C37H29NO7/c1-21(39)45-24-15-12-23(13-16-24)34(40)33-32(28-20-25(43-2)17-18-30(28)44-3)37(35(41)26-9-5-6-10-27(26)36(37)42)31-19-14-22-8-4-7-11-29(22)38(31)33/h4-20,31-33H,1-3H3/t31-,32-,33+/m1/s1. The summed E-state index contributed by atoms with van der Waals surface area (Å²) >= 11 is 0. The van der Waals surface area contributed by atoms with Gasteiger partial charge in [0.2, 0.25) is 0 Å². The number of ketones is 3. The van der Waals surface area contributed by atoms with Gasteiger partial charge in [-0.25, -0.2) is 0 Å². The third-order valence-corrected chi connectivity index (χ3v) is 9.15. The Bertz CT molecular complexity index is 1890. The van der Waals surface area contributed by atoms with Crippen molar-refractivity contribution in [1.82, 2.24) is 0 Å². The molecule has 0 saturated carbocycles. The highest BCUT2D eigenvalue weighted by Gasteiger charge is 2.72. The molecule has 2 aliphatic heterocycles. The number of fused-ring (bicyclic) bond motifs is 5. The van der Waals surface area contributed by atoms with E-state index >= 15 is 0 Å². The number of hydrogen-bond acceptors (Lipinski definition) is 8. The molecular formula is C37H29NO7. The molecule has 1 fully saturated rings. The minimum atomic E-state index is -1.69. The highest BCUT2D eigenvalue weighted by Crippen LogP contribution is 2.62. The van der Waals surface area contributed by atoms with E-state index in [-0.39, 0.29) is 17.3 Å². The van der Waals surface area contributed by atoms with Crippen molar-refractivity contribution in [2.75, 3.05) is 19.1 Å². The Morgan fingerprint density at radius 2 is 1.42 bits per heavy atom. The van der Waals surface area contributed by atoms with Crippen LogP contribution < -0.4 is 19.1 Å². The van der Waals surface area contributed by atoms with Crippen molar-refractivity contribution >= 4 is 35.1 Å². The molecule has 0 aromatic heterocycles. The van der Waals surface area contributed by atoms with Crippen LogP contribution in [0.15, 0.2) is 97.1 Å². The van der Waals surface area contributed by atoms with Gasteiger partial charge in [-0.3, -0.25) is 19.2 Å². The first kappa shape index (κ1) is 28.3. The fourth-order valence-corrected chi connectivity index (χ4v) is 7.37. The topological polar surface area (TPSA) is 99.2 Å². The van der Waals surface area contributed by atoms with Crippen LogP contribution in [0.25, 0.3) is 6.08 Å². The molecule has 8 heteroatoms. The summed E-state index contributed by atoms with van der Waals surface area (Å²) in [5.74, 6) is -1.21. The first-order chi connectivity index (χ1) is 21.8. The van der Waals surface area contributed by atoms with Crippen LogP contribution in [-0.2, 0) is 4.79 Å². The third kappa shape index (κ3) is 4.05. The zero-order chi connectivity index (χ0) is 31.5. The van der Waals surface area contributed by atoms with Gasteiger partial charge in [-0.1, -0.05) is 54.6 Å². The molecule has 3 aliphatic rings. The van der Waals surface area contributed by atoms with Gasteiger partial charge in [0.1, 0.15) is 28.7 Å². The lowest BCUT2D eigenvalue weighted by Gasteiger charge is -2.37. The normalized spacial score (nSPS) is 20.4. The van der Waals surface area contributed by atoms with Gasteiger partial charge in [0.15, 0.2) is 17.3 Å². The zero-order valence-electron chi connectivity index (χ0n) is 24.9. The number of carbonyl (C=O) groups excluding carboxylic acids is 4. The third-order valence-electron chi connectivity index (χ3n) is 9.15. The fourth-order valence-electron chi connectivity index (χ4n) is 7.37. The lowest BCUT2D eigenvalue weighted by Crippen LogP contribution is -2.48. The number of para-hydroxylation sites is 1. The number of carbonyl (C=O) groups is 4. The highest BCUT2D eigenvalue weighted by atomic mass is 16.5. The molecule has 4 aromatic carbocycles. The highest BCUT2D eigenvalue weighted by molar-refractivity contribution is 6.32. The Balaban J connectivity index is 1.53. The van der Waals surface area contributed by atoms with Gasteiger partial charge in [-0.2, -0.15) is 0 Å². The largest absolute Gasteiger partial charge is 0.497 e. The SMILES string of the molecule is COc1ccc(OC)c([C@@H]2[C@@H](C(=O)c3ccc(OC(C)=O)cc3)N3c4ccccc4C=C[C@@H]3C23C(=O)c2ccccc2C3=O)c1. The molecule has 0 amide bonds. The van der Waals surface area contributed by atoms with Gasteiger partial charge in [-0.15, -0.1) is 0 Å². The summed E-state index contributed by atoms with van der Waals surface area (Å²) < 4.78 is 16.6. The molecule has 3 atom stereocenters. The summed E-state index contributed by atoms with van der Waals surface area (Å²) in [6.07, 6.45) is 3.79. The van der Waals surface area contributed by atoms with Crippen LogP contribution in [0, 0.1) is 5.41 Å². The van der Waals surface area contributed by atoms with Crippen LogP contribution in [0.3, 0.4) is 0 Å². The van der Waals surface area contributed by atoms with Crippen molar-refractivity contribution in [3.63, 3.8) is 0 Å². The molecule has 2 heterocycles. The summed E-state index contributed by atoms with van der Waals surface area (Å²) in [6, 6.07) is 24.2. The minimum absolute atomic E-state index is 0.300. The summed E-state index contributed by atoms with van der Waals surface area (Å²) in [7, 11) is 3.06. The van der Waals surface area contributed by atoms with E-state index in [1.165, 1.54) is 21.1 Å². The molecule has 224 valence electrons. The van der Waals surface area contributed by atoms with E-state index in [2.05, 4.69) is 0 Å². The van der Waals surface area contributed by atoms with E-state index in [1.54, 1.807) is 66.7 Å². The molecule has 45 heavy (non-hydrogen) atoms. The predicted molar refractivity (Wildman–Crippen MR) is 167 cm³/mol. The molecule has 1 spiro atoms. The van der Waals surface area contributed by atoms with Gasteiger partial charge in [0.25, 0.3) is 0 Å². The molecule has 1 aliphatic carbocycles. The molecule has 0 unspecified atom stereocenters. The number of Topliss-reactive ketones (excluding diaryl/α,β-unsaturated/α-hetero) is 3. The van der Waals surface area contributed by atoms with Crippen molar-refractivity contribution in [2.45, 2.75) is 24.9 Å². The number of anilines is 1. The quantitative estimate of drug-likeness (QED) is 0.116. The Kier molecular flexibility index (Phi) is 6.66. The van der Waals surface area contributed by atoms with E-state index in [0.717, 1.165) is 11.3 Å². The van der Waals surface area contributed by atoms with Crippen molar-refractivity contribution in [3.05, 3.63) is 125 Å². The van der Waals surface area contributed by atoms with Crippen molar-refractivity contribution in [3.8, 4) is 17.2 Å². The van der Waals surface area contributed by atoms with Gasteiger partial charge in [0.05, 0.1) is 20.3 Å². The maximum Gasteiger partial charge on any atom is 0.308 e. The van der Waals surface area contributed by atoms with Crippen molar-refractivity contribution in [2.24, 2.45) is 5.41 Å². The first-order valence-corrected chi connectivity index (χ1v) is 14.6. The fraction of sp³-hybridized carbons (Fsp3) is 0.189. The number of nitrogens with zero attached hydrogens (tertiary/aromatic N) is 1. The first-order valence-electron chi connectivity index (χ1n) is 14.6. The lowest BCUT2D eigenvalue weighted by atomic mass is 9.64. The molecule has 0 radical (unpaired) electrons. The monoisotopic (exact) mass is 599 g/mol. The van der Waals surface area contributed by atoms with Crippen LogP contribution in [-0.4, -0.2) is 49.6 Å². The molecule has 4 aromatic rings. The number of ether oxygens (including phenoxy) is 3. The van der Waals surface area contributed by atoms with Gasteiger partial charge < -0.3 is 19.1 Å². The van der Waals surface area contributed by atoms with E-state index in [1.807, 2.05) is 41.3 Å². The van der Waals surface area contributed by atoms with Crippen LogP contribution in [0.2, 0.25) is 0 Å². The smallest absolute Gasteiger partial charge is 0.308 e. The van der Waals surface area contributed by atoms with Gasteiger partial charge >= 0.3 is 5.97 Å². The number of methoxy groups -OCH3 is 2. The predicted octanol–water partition coefficient (Wildman–Crippen LogP) is 5.95. The summed E-state index contributed by atoms with van der Waals surface area (Å²) in [4.78, 5) is 58.2. The van der Waals surface area contributed by atoms with Gasteiger partial charge in [0, 0.05) is 40.8 Å². The Hall–Kier alpha value is -5.50. The minimum Gasteiger partial charge on any atom is -0.497 e. The van der Waals surface area contributed by atoms with Crippen LogP contribution >= 0.6 is 0 Å². The second-order valence-corrected chi connectivity index (χ2v) is 11.4. The molecule has 0 N–H and O–H groups in total. The summed E-state index contributed by atoms with van der Waals surface area (Å²) in [6.45, 7) is 1.30. The number of esters is 1. The van der Waals surface area contributed by atoms with Crippen LogP contribution in [0.1, 0.15) is 55.0 Å². The van der Waals surface area contributed by atoms with E-state index in [4.69, 9.17) is 14.2 Å². The van der Waals surface area contributed by atoms with E-state index in [0.29, 0.717) is 39.5 Å². The average molecular weight is 600 g/mol. The van der Waals surface area contributed by atoms with Crippen molar-refractivity contribution in [1.29, 1.82) is 0 Å². The average Bonchev–Trinajstić information content (AvgIpc) is 3.50. The second-order valence-electron chi connectivity index (χ2n) is 11.4. The molecule has 1 saturated heterocycles.